The van der Waals surface area contributed by atoms with Crippen LogP contribution in [0.1, 0.15) is 18.5 Å². The van der Waals surface area contributed by atoms with Crippen LogP contribution >= 0.6 is 24.0 Å². The molecule has 4 heteroatoms. The van der Waals surface area contributed by atoms with Gasteiger partial charge in [0, 0.05) is 6.54 Å². The maximum atomic E-state index is 4.36. The van der Waals surface area contributed by atoms with E-state index in [9.17, 15) is 0 Å². The number of halogens is 1. The summed E-state index contributed by atoms with van der Waals surface area (Å²) in [6.45, 7) is 3.96. The van der Waals surface area contributed by atoms with Gasteiger partial charge in [0.15, 0.2) is 5.96 Å². The summed E-state index contributed by atoms with van der Waals surface area (Å²) in [5, 5.41) is 9.20. The number of benzene rings is 2. The molecule has 3 nitrogen and oxygen atoms in total. The van der Waals surface area contributed by atoms with Gasteiger partial charge in [-0.1, -0.05) is 36.4 Å². The summed E-state index contributed by atoms with van der Waals surface area (Å²) >= 11 is 0. The van der Waals surface area contributed by atoms with Gasteiger partial charge in [0.25, 0.3) is 0 Å². The van der Waals surface area contributed by atoms with Crippen molar-refractivity contribution in [2.75, 3.05) is 13.1 Å². The molecule has 0 fully saturated rings. The van der Waals surface area contributed by atoms with Gasteiger partial charge in [0.1, 0.15) is 0 Å². The molecule has 0 radical (unpaired) electrons. The van der Waals surface area contributed by atoms with Crippen LogP contribution in [-0.2, 0) is 0 Å². The van der Waals surface area contributed by atoms with Crippen molar-refractivity contribution in [3.05, 3.63) is 48.0 Å². The van der Waals surface area contributed by atoms with Gasteiger partial charge >= 0.3 is 0 Å². The minimum absolute atomic E-state index is 0. The molecule has 2 aromatic rings. The van der Waals surface area contributed by atoms with Gasteiger partial charge in [0.05, 0.1) is 12.6 Å². The molecule has 3 rings (SSSR count). The van der Waals surface area contributed by atoms with Crippen LogP contribution < -0.4 is 10.6 Å². The molecule has 0 unspecified atom stereocenters. The van der Waals surface area contributed by atoms with Gasteiger partial charge in [-0.05, 0) is 29.3 Å². The van der Waals surface area contributed by atoms with Crippen LogP contribution in [0.25, 0.3) is 10.8 Å². The molecule has 0 bridgehead atoms. The van der Waals surface area contributed by atoms with E-state index in [0.29, 0.717) is 0 Å². The zero-order valence-corrected chi connectivity index (χ0v) is 13.2. The monoisotopic (exact) mass is 367 g/mol. The first-order valence-corrected chi connectivity index (χ1v) is 6.36. The van der Waals surface area contributed by atoms with Crippen LogP contribution in [0, 0.1) is 0 Å². The van der Waals surface area contributed by atoms with Gasteiger partial charge in [-0.3, -0.25) is 4.99 Å². The Bertz CT molecular complexity index is 595. The van der Waals surface area contributed by atoms with Crippen LogP contribution in [0.3, 0.4) is 0 Å². The number of hydrogen-bond donors (Lipinski definition) is 2. The number of fused-ring (bicyclic) bond motifs is 1. The van der Waals surface area contributed by atoms with Gasteiger partial charge in [0.2, 0.25) is 0 Å². The fourth-order valence-electron chi connectivity index (χ4n) is 2.26. The zero-order valence-electron chi connectivity index (χ0n) is 10.9. The second-order valence-corrected chi connectivity index (χ2v) is 4.63. The Morgan fingerprint density at radius 2 is 1.95 bits per heavy atom. The van der Waals surface area contributed by atoms with E-state index < -0.39 is 0 Å². The maximum Gasteiger partial charge on any atom is 0.191 e. The third kappa shape index (κ3) is 3.18. The first-order chi connectivity index (χ1) is 8.83. The normalized spacial score (nSPS) is 15.3. The minimum Gasteiger partial charge on any atom is -0.355 e. The van der Waals surface area contributed by atoms with Crippen molar-refractivity contribution in [2.24, 2.45) is 4.99 Å². The molecule has 0 saturated carbocycles. The molecular formula is C15H18IN3. The highest BCUT2D eigenvalue weighted by Crippen LogP contribution is 2.20. The Kier molecular flexibility index (Phi) is 4.63. The molecule has 1 aliphatic rings. The molecule has 2 aromatic carbocycles. The quantitative estimate of drug-likeness (QED) is 0.801. The number of nitrogens with one attached hydrogen (secondary N) is 2. The molecule has 1 aliphatic heterocycles. The highest BCUT2D eigenvalue weighted by molar-refractivity contribution is 14.0. The predicted molar refractivity (Wildman–Crippen MR) is 91.2 cm³/mol. The standard InChI is InChI=1S/C15H17N3.HI/c1-11(18-15-16-8-9-17-15)13-7-6-12-4-2-3-5-14(12)10-13;/h2-7,10-11H,8-9H2,1H3,(H2,16,17,18);1H/t11-;/m0./s1. The number of nitrogens with zero attached hydrogens (tertiary/aromatic N) is 1. The Balaban J connectivity index is 0.00000133. The summed E-state index contributed by atoms with van der Waals surface area (Å²) < 4.78 is 0. The summed E-state index contributed by atoms with van der Waals surface area (Å²) in [5.74, 6) is 0.913. The van der Waals surface area contributed by atoms with Crippen LogP contribution in [0.15, 0.2) is 47.5 Å². The summed E-state index contributed by atoms with van der Waals surface area (Å²) in [4.78, 5) is 4.36. The molecule has 1 heterocycles. The van der Waals surface area contributed by atoms with Gasteiger partial charge in [-0.15, -0.1) is 24.0 Å². The second kappa shape index (κ2) is 6.23. The third-order valence-corrected chi connectivity index (χ3v) is 3.30. The molecule has 0 aliphatic carbocycles. The summed E-state index contributed by atoms with van der Waals surface area (Å²) in [7, 11) is 0. The Morgan fingerprint density at radius 1 is 1.16 bits per heavy atom. The SMILES string of the molecule is C[C@H](NC1=NCCN1)c1ccc2ccccc2c1.I. The van der Waals surface area contributed by atoms with E-state index in [1.807, 2.05) is 0 Å². The Hall–Kier alpha value is -1.30. The third-order valence-electron chi connectivity index (χ3n) is 3.30. The van der Waals surface area contributed by atoms with Crippen molar-refractivity contribution in [3.63, 3.8) is 0 Å². The van der Waals surface area contributed by atoms with E-state index in [1.54, 1.807) is 0 Å². The molecule has 0 spiro atoms. The molecule has 0 aromatic heterocycles. The lowest BCUT2D eigenvalue weighted by atomic mass is 10.0. The van der Waals surface area contributed by atoms with Gasteiger partial charge in [-0.25, -0.2) is 0 Å². The average Bonchev–Trinajstić information content (AvgIpc) is 2.91. The number of aliphatic imine (C=N–C) groups is 1. The first-order valence-electron chi connectivity index (χ1n) is 6.36. The summed E-state index contributed by atoms with van der Waals surface area (Å²) in [5.41, 5.74) is 1.28. The fraction of sp³-hybridized carbons (Fsp3) is 0.267. The van der Waals surface area contributed by atoms with Crippen molar-refractivity contribution >= 4 is 40.7 Å². The summed E-state index contributed by atoms with van der Waals surface area (Å²) in [6, 6.07) is 15.3. The van der Waals surface area contributed by atoms with Crippen LogP contribution in [0.5, 0.6) is 0 Å². The van der Waals surface area contributed by atoms with Crippen LogP contribution in [0.4, 0.5) is 0 Å². The lowest BCUT2D eigenvalue weighted by Gasteiger charge is -2.16. The molecular weight excluding hydrogens is 349 g/mol. The average molecular weight is 367 g/mol. The van der Waals surface area contributed by atoms with Crippen molar-refractivity contribution in [3.8, 4) is 0 Å². The Morgan fingerprint density at radius 3 is 2.68 bits per heavy atom. The molecule has 1 atom stereocenters. The van der Waals surface area contributed by atoms with Gasteiger partial charge < -0.3 is 10.6 Å². The summed E-state index contributed by atoms with van der Waals surface area (Å²) in [6.07, 6.45) is 0. The molecule has 2 N–H and O–H groups in total. The lowest BCUT2D eigenvalue weighted by molar-refractivity contribution is 0.703. The number of hydrogen-bond acceptors (Lipinski definition) is 3. The minimum atomic E-state index is 0. The van der Waals surface area contributed by atoms with Crippen molar-refractivity contribution < 1.29 is 0 Å². The smallest absolute Gasteiger partial charge is 0.191 e. The zero-order chi connectivity index (χ0) is 12.4. The van der Waals surface area contributed by atoms with Crippen LogP contribution in [0.2, 0.25) is 0 Å². The maximum absolute atomic E-state index is 4.36. The van der Waals surface area contributed by atoms with Crippen LogP contribution in [-0.4, -0.2) is 19.0 Å². The highest BCUT2D eigenvalue weighted by atomic mass is 127. The van der Waals surface area contributed by atoms with E-state index in [0.717, 1.165) is 19.0 Å². The Labute approximate surface area is 130 Å². The van der Waals surface area contributed by atoms with E-state index in [4.69, 9.17) is 0 Å². The van der Waals surface area contributed by atoms with Gasteiger partial charge in [-0.2, -0.15) is 0 Å². The van der Waals surface area contributed by atoms with E-state index in [2.05, 4.69) is 65.0 Å². The number of rotatable bonds is 2. The molecule has 100 valence electrons. The fourth-order valence-corrected chi connectivity index (χ4v) is 2.26. The lowest BCUT2D eigenvalue weighted by Crippen LogP contribution is -2.35. The highest BCUT2D eigenvalue weighted by Gasteiger charge is 2.10. The topological polar surface area (TPSA) is 36.4 Å². The van der Waals surface area contributed by atoms with Crippen molar-refractivity contribution in [1.82, 2.24) is 10.6 Å². The first kappa shape index (κ1) is 14.1. The molecule has 19 heavy (non-hydrogen) atoms. The molecule has 0 amide bonds. The van der Waals surface area contributed by atoms with Crippen molar-refractivity contribution in [2.45, 2.75) is 13.0 Å². The number of guanidine groups is 1. The predicted octanol–water partition coefficient (Wildman–Crippen LogP) is 3.07. The van der Waals surface area contributed by atoms with E-state index in [1.165, 1.54) is 16.3 Å². The van der Waals surface area contributed by atoms with E-state index in [-0.39, 0.29) is 30.0 Å². The molecule has 0 saturated heterocycles. The van der Waals surface area contributed by atoms with Crippen molar-refractivity contribution in [1.29, 1.82) is 0 Å². The largest absolute Gasteiger partial charge is 0.355 e. The van der Waals surface area contributed by atoms with E-state index >= 15 is 0 Å². The second-order valence-electron chi connectivity index (χ2n) is 4.63.